The van der Waals surface area contributed by atoms with Crippen LogP contribution in [-0.4, -0.2) is 50.4 Å². The fraction of sp³-hybridized carbons (Fsp3) is 0.375. The topological polar surface area (TPSA) is 96.0 Å². The second kappa shape index (κ2) is 14.6. The van der Waals surface area contributed by atoms with Crippen molar-refractivity contribution in [3.63, 3.8) is 0 Å². The molecule has 0 heterocycles. The number of nitrogens with one attached hydrogen (secondary N) is 1. The van der Waals surface area contributed by atoms with Crippen LogP contribution in [0.2, 0.25) is 5.02 Å². The predicted molar refractivity (Wildman–Crippen MR) is 165 cm³/mol. The Morgan fingerprint density at radius 2 is 1.60 bits per heavy atom. The van der Waals surface area contributed by atoms with E-state index in [0.29, 0.717) is 23.8 Å². The van der Waals surface area contributed by atoms with Crippen LogP contribution in [0.3, 0.4) is 0 Å². The van der Waals surface area contributed by atoms with Crippen molar-refractivity contribution in [2.24, 2.45) is 0 Å². The van der Waals surface area contributed by atoms with Crippen LogP contribution in [0.25, 0.3) is 0 Å². The summed E-state index contributed by atoms with van der Waals surface area (Å²) in [6.45, 7) is 3.58. The molecule has 3 aromatic carbocycles. The molecular formula is C32H38ClN3O5S. The van der Waals surface area contributed by atoms with Gasteiger partial charge in [0.25, 0.3) is 10.0 Å². The number of para-hydroxylation sites is 2. The summed E-state index contributed by atoms with van der Waals surface area (Å²) in [6, 6.07) is 21.2. The molecule has 0 spiro atoms. The fourth-order valence-corrected chi connectivity index (χ4v) is 6.81. The summed E-state index contributed by atoms with van der Waals surface area (Å²) in [5, 5.41) is 3.51. The van der Waals surface area contributed by atoms with Gasteiger partial charge >= 0.3 is 0 Å². The smallest absolute Gasteiger partial charge is 0.264 e. The van der Waals surface area contributed by atoms with Gasteiger partial charge in [0.15, 0.2) is 0 Å². The normalized spacial score (nSPS) is 14.3. The van der Waals surface area contributed by atoms with E-state index in [1.165, 1.54) is 29.2 Å². The lowest BCUT2D eigenvalue weighted by molar-refractivity contribution is -0.140. The van der Waals surface area contributed by atoms with E-state index < -0.39 is 28.5 Å². The van der Waals surface area contributed by atoms with Crippen LogP contribution < -0.4 is 14.4 Å². The van der Waals surface area contributed by atoms with E-state index in [1.807, 2.05) is 37.3 Å². The molecule has 1 fully saturated rings. The molecule has 3 aromatic rings. The summed E-state index contributed by atoms with van der Waals surface area (Å²) in [4.78, 5) is 29.3. The van der Waals surface area contributed by atoms with Crippen molar-refractivity contribution < 1.29 is 22.7 Å². The van der Waals surface area contributed by atoms with Crippen LogP contribution in [0.15, 0.2) is 83.8 Å². The van der Waals surface area contributed by atoms with Crippen LogP contribution in [0.4, 0.5) is 5.69 Å². The molecule has 2 amide bonds. The molecule has 1 saturated carbocycles. The molecule has 1 unspecified atom stereocenters. The number of hydrogen-bond donors (Lipinski definition) is 1. The molecule has 0 bridgehead atoms. The van der Waals surface area contributed by atoms with Gasteiger partial charge in [-0.1, -0.05) is 73.8 Å². The Hall–Kier alpha value is -3.56. The lowest BCUT2D eigenvalue weighted by Gasteiger charge is -2.34. The van der Waals surface area contributed by atoms with Gasteiger partial charge in [0, 0.05) is 17.6 Å². The van der Waals surface area contributed by atoms with Gasteiger partial charge in [-0.2, -0.15) is 0 Å². The quantitative estimate of drug-likeness (QED) is 0.264. The zero-order valence-corrected chi connectivity index (χ0v) is 25.6. The first-order valence-corrected chi connectivity index (χ1v) is 16.2. The van der Waals surface area contributed by atoms with Crippen molar-refractivity contribution >= 4 is 39.1 Å². The highest BCUT2D eigenvalue weighted by atomic mass is 35.5. The summed E-state index contributed by atoms with van der Waals surface area (Å²) in [5.41, 5.74) is 1.06. The van der Waals surface area contributed by atoms with Crippen molar-refractivity contribution in [1.82, 2.24) is 10.2 Å². The van der Waals surface area contributed by atoms with Crippen LogP contribution in [0, 0.1) is 0 Å². The second-order valence-corrected chi connectivity index (χ2v) is 12.6. The molecule has 1 aliphatic rings. The number of sulfonamides is 1. The van der Waals surface area contributed by atoms with E-state index in [9.17, 15) is 18.0 Å². The van der Waals surface area contributed by atoms with Crippen molar-refractivity contribution in [3.05, 3.63) is 89.4 Å². The maximum atomic E-state index is 14.3. The van der Waals surface area contributed by atoms with E-state index in [1.54, 1.807) is 31.2 Å². The average Bonchev–Trinajstić information content (AvgIpc) is 3.50. The first-order valence-electron chi connectivity index (χ1n) is 14.4. The van der Waals surface area contributed by atoms with Gasteiger partial charge in [-0.3, -0.25) is 13.9 Å². The van der Waals surface area contributed by atoms with Gasteiger partial charge < -0.3 is 15.0 Å². The molecule has 8 nitrogen and oxygen atoms in total. The summed E-state index contributed by atoms with van der Waals surface area (Å²) in [6.07, 6.45) is 4.32. The second-order valence-electron chi connectivity index (χ2n) is 10.3. The number of carbonyl (C=O) groups is 2. The summed E-state index contributed by atoms with van der Waals surface area (Å²) < 4.78 is 35.0. The monoisotopic (exact) mass is 611 g/mol. The minimum Gasteiger partial charge on any atom is -0.492 e. The van der Waals surface area contributed by atoms with Gasteiger partial charge in [0.1, 0.15) is 18.3 Å². The number of benzene rings is 3. The Labute approximate surface area is 253 Å². The van der Waals surface area contributed by atoms with Gasteiger partial charge in [-0.15, -0.1) is 0 Å². The number of hydrogen-bond acceptors (Lipinski definition) is 5. The predicted octanol–water partition coefficient (Wildman–Crippen LogP) is 5.80. The molecule has 1 atom stereocenters. The average molecular weight is 612 g/mol. The number of nitrogens with zero attached hydrogens (tertiary/aromatic N) is 2. The van der Waals surface area contributed by atoms with Crippen LogP contribution in [0.1, 0.15) is 51.5 Å². The van der Waals surface area contributed by atoms with Crippen molar-refractivity contribution in [2.75, 3.05) is 17.5 Å². The Balaban J connectivity index is 1.74. The zero-order valence-electron chi connectivity index (χ0n) is 24.0. The Morgan fingerprint density at radius 3 is 2.24 bits per heavy atom. The summed E-state index contributed by atoms with van der Waals surface area (Å²) in [5.74, 6) is -0.405. The molecule has 42 heavy (non-hydrogen) atoms. The Morgan fingerprint density at radius 1 is 0.952 bits per heavy atom. The minimum absolute atomic E-state index is 0.0216. The molecule has 1 N–H and O–H groups in total. The van der Waals surface area contributed by atoms with E-state index >= 15 is 0 Å². The lowest BCUT2D eigenvalue weighted by atomic mass is 10.1. The van der Waals surface area contributed by atoms with Crippen molar-refractivity contribution in [3.8, 4) is 5.75 Å². The molecule has 4 rings (SSSR count). The highest BCUT2D eigenvalue weighted by Crippen LogP contribution is 2.33. The number of halogens is 1. The van der Waals surface area contributed by atoms with Gasteiger partial charge in [-0.05, 0) is 68.1 Å². The Kier molecular flexibility index (Phi) is 10.9. The largest absolute Gasteiger partial charge is 0.492 e. The standard InChI is InChI=1S/C32H38ClN3O5S/c1-3-28(32(38)34-26-14-8-9-15-26)35(22-24-12-6-5-7-13-24)31(37)23-36(29-16-10-11-17-30(29)41-4-2)42(39,40)27-20-18-25(33)19-21-27/h5-7,10-13,16-21,26,28H,3-4,8-9,14-15,22-23H2,1-2H3,(H,34,38). The number of amides is 2. The van der Waals surface area contributed by atoms with Crippen LogP contribution >= 0.6 is 11.6 Å². The number of ether oxygens (including phenoxy) is 1. The van der Waals surface area contributed by atoms with E-state index in [4.69, 9.17) is 16.3 Å². The molecule has 0 aromatic heterocycles. The third kappa shape index (κ3) is 7.63. The number of rotatable bonds is 13. The highest BCUT2D eigenvalue weighted by Gasteiger charge is 2.35. The van der Waals surface area contributed by atoms with Gasteiger partial charge in [-0.25, -0.2) is 8.42 Å². The first kappa shape index (κ1) is 31.4. The van der Waals surface area contributed by atoms with Crippen LogP contribution in [-0.2, 0) is 26.2 Å². The summed E-state index contributed by atoms with van der Waals surface area (Å²) in [7, 11) is -4.24. The lowest BCUT2D eigenvalue weighted by Crippen LogP contribution is -2.53. The van der Waals surface area contributed by atoms with Crippen LogP contribution in [0.5, 0.6) is 5.75 Å². The van der Waals surface area contributed by atoms with Gasteiger partial charge in [0.05, 0.1) is 17.2 Å². The SMILES string of the molecule is CCOc1ccccc1N(CC(=O)N(Cc1ccccc1)C(CC)C(=O)NC1CCCC1)S(=O)(=O)c1ccc(Cl)cc1. The molecule has 0 radical (unpaired) electrons. The Bertz CT molecular complexity index is 1440. The maximum Gasteiger partial charge on any atom is 0.264 e. The number of anilines is 1. The highest BCUT2D eigenvalue weighted by molar-refractivity contribution is 7.92. The van der Waals surface area contributed by atoms with Crippen molar-refractivity contribution in [1.29, 1.82) is 0 Å². The van der Waals surface area contributed by atoms with E-state index in [0.717, 1.165) is 35.6 Å². The fourth-order valence-electron chi connectivity index (χ4n) is 5.26. The maximum absolute atomic E-state index is 14.3. The zero-order chi connectivity index (χ0) is 30.1. The molecule has 10 heteroatoms. The first-order chi connectivity index (χ1) is 20.2. The molecule has 0 aliphatic heterocycles. The van der Waals surface area contributed by atoms with E-state index in [2.05, 4.69) is 5.32 Å². The molecule has 0 saturated heterocycles. The van der Waals surface area contributed by atoms with Crippen molar-refractivity contribution in [2.45, 2.75) is 69.5 Å². The van der Waals surface area contributed by atoms with Gasteiger partial charge in [0.2, 0.25) is 11.8 Å². The molecule has 224 valence electrons. The third-order valence-corrected chi connectivity index (χ3v) is 9.42. The molecular weight excluding hydrogens is 574 g/mol. The number of carbonyl (C=O) groups excluding carboxylic acids is 2. The molecule has 1 aliphatic carbocycles. The van der Waals surface area contributed by atoms with E-state index in [-0.39, 0.29) is 29.1 Å². The summed E-state index contributed by atoms with van der Waals surface area (Å²) >= 11 is 6.04. The third-order valence-electron chi connectivity index (χ3n) is 7.40. The minimum atomic E-state index is -4.24.